The zero-order valence-electron chi connectivity index (χ0n) is 12.4. The second-order valence-corrected chi connectivity index (χ2v) is 5.49. The van der Waals surface area contributed by atoms with Gasteiger partial charge in [0.2, 0.25) is 0 Å². The van der Waals surface area contributed by atoms with Crippen LogP contribution in [0.1, 0.15) is 25.2 Å². The van der Waals surface area contributed by atoms with Crippen molar-refractivity contribution in [2.75, 3.05) is 18.0 Å². The minimum atomic E-state index is 0.433. The fourth-order valence-electron chi connectivity index (χ4n) is 2.15. The van der Waals surface area contributed by atoms with Gasteiger partial charge in [0.25, 0.3) is 0 Å². The predicted octanol–water partition coefficient (Wildman–Crippen LogP) is 5.50. The lowest BCUT2D eigenvalue weighted by Crippen LogP contribution is -2.20. The number of hydrogen-bond donors (Lipinski definition) is 0. The maximum absolute atomic E-state index is 9.38. The number of anilines is 1. The lowest BCUT2D eigenvalue weighted by atomic mass is 10.1. The van der Waals surface area contributed by atoms with E-state index in [1.165, 1.54) is 0 Å². The predicted molar refractivity (Wildman–Crippen MR) is 92.2 cm³/mol. The summed E-state index contributed by atoms with van der Waals surface area (Å²) in [6.45, 7) is 5.86. The first kappa shape index (κ1) is 16.5. The summed E-state index contributed by atoms with van der Waals surface area (Å²) in [6, 6.07) is 10.9. The summed E-state index contributed by atoms with van der Waals surface area (Å²) in [5.74, 6) is 1.40. The molecule has 0 atom stereocenters. The molecule has 0 fully saturated rings. The van der Waals surface area contributed by atoms with Gasteiger partial charge in [-0.05, 0) is 38.1 Å². The molecule has 2 rings (SSSR count). The molecule has 1 aromatic carbocycles. The Balaban J connectivity index is 2.36. The zero-order valence-corrected chi connectivity index (χ0v) is 13.9. The second-order valence-electron chi connectivity index (χ2n) is 4.64. The summed E-state index contributed by atoms with van der Waals surface area (Å²) in [5, 5.41) is 10.4. The van der Waals surface area contributed by atoms with Crippen LogP contribution in [0.4, 0.5) is 5.88 Å². The summed E-state index contributed by atoms with van der Waals surface area (Å²) < 4.78 is 5.77. The van der Waals surface area contributed by atoms with Crippen LogP contribution in [0.25, 0.3) is 11.6 Å². The van der Waals surface area contributed by atoms with Gasteiger partial charge in [-0.25, -0.2) is 0 Å². The van der Waals surface area contributed by atoms with Gasteiger partial charge in [0.05, 0.1) is 16.7 Å². The normalized spacial score (nSPS) is 11.3. The van der Waals surface area contributed by atoms with Gasteiger partial charge in [0, 0.05) is 29.7 Å². The molecule has 0 bridgehead atoms. The van der Waals surface area contributed by atoms with E-state index < -0.39 is 0 Å². The van der Waals surface area contributed by atoms with Gasteiger partial charge in [-0.3, -0.25) is 0 Å². The van der Waals surface area contributed by atoms with Gasteiger partial charge >= 0.3 is 0 Å². The fourth-order valence-corrected chi connectivity index (χ4v) is 2.66. The molecule has 1 aromatic heterocycles. The summed E-state index contributed by atoms with van der Waals surface area (Å²) in [4.78, 5) is 2.10. The Morgan fingerprint density at radius 3 is 2.55 bits per heavy atom. The first-order valence-corrected chi connectivity index (χ1v) is 7.76. The number of benzene rings is 1. The largest absolute Gasteiger partial charge is 0.441 e. The summed E-state index contributed by atoms with van der Waals surface area (Å²) in [6.07, 6.45) is 1.68. The van der Waals surface area contributed by atoms with Crippen molar-refractivity contribution in [1.29, 1.82) is 5.26 Å². The monoisotopic (exact) mass is 334 g/mol. The van der Waals surface area contributed by atoms with Crippen molar-refractivity contribution in [3.8, 4) is 6.07 Å². The number of furan rings is 1. The number of nitriles is 1. The Bertz CT molecular complexity index is 725. The van der Waals surface area contributed by atoms with Gasteiger partial charge in [-0.1, -0.05) is 29.3 Å². The van der Waals surface area contributed by atoms with E-state index in [9.17, 15) is 5.26 Å². The van der Waals surface area contributed by atoms with E-state index in [0.717, 1.165) is 19.0 Å². The Hall–Kier alpha value is -1.89. The summed E-state index contributed by atoms with van der Waals surface area (Å²) in [5.41, 5.74) is 1.07. The van der Waals surface area contributed by atoms with Crippen molar-refractivity contribution in [2.45, 2.75) is 13.8 Å². The smallest absolute Gasteiger partial charge is 0.196 e. The van der Waals surface area contributed by atoms with E-state index in [1.807, 2.05) is 12.1 Å². The first-order valence-electron chi connectivity index (χ1n) is 7.01. The average molecular weight is 335 g/mol. The Labute approximate surface area is 140 Å². The Morgan fingerprint density at radius 1 is 1.23 bits per heavy atom. The minimum Gasteiger partial charge on any atom is -0.441 e. The van der Waals surface area contributed by atoms with E-state index in [1.54, 1.807) is 24.3 Å². The van der Waals surface area contributed by atoms with Crippen LogP contribution in [0.3, 0.4) is 0 Å². The second kappa shape index (κ2) is 7.40. The Morgan fingerprint density at radius 2 is 1.95 bits per heavy atom. The quantitative estimate of drug-likeness (QED) is 0.678. The first-order chi connectivity index (χ1) is 10.6. The molecule has 0 radical (unpaired) electrons. The van der Waals surface area contributed by atoms with Gasteiger partial charge in [0.15, 0.2) is 5.88 Å². The lowest BCUT2D eigenvalue weighted by Gasteiger charge is -2.16. The Kier molecular flexibility index (Phi) is 5.54. The number of rotatable bonds is 5. The summed E-state index contributed by atoms with van der Waals surface area (Å²) in [7, 11) is 0. The lowest BCUT2D eigenvalue weighted by molar-refractivity contribution is 0.541. The van der Waals surface area contributed by atoms with E-state index >= 15 is 0 Å². The molecular weight excluding hydrogens is 319 g/mol. The number of hydrogen-bond acceptors (Lipinski definition) is 3. The molecule has 0 aliphatic carbocycles. The van der Waals surface area contributed by atoms with E-state index in [0.29, 0.717) is 26.9 Å². The van der Waals surface area contributed by atoms with E-state index in [2.05, 4.69) is 24.8 Å². The third kappa shape index (κ3) is 3.65. The molecule has 2 aromatic rings. The maximum Gasteiger partial charge on any atom is 0.196 e. The van der Waals surface area contributed by atoms with Crippen molar-refractivity contribution in [3.05, 3.63) is 51.7 Å². The van der Waals surface area contributed by atoms with Gasteiger partial charge in [0.1, 0.15) is 5.76 Å². The summed E-state index contributed by atoms with van der Waals surface area (Å²) >= 11 is 12.0. The third-order valence-corrected chi connectivity index (χ3v) is 3.86. The third-order valence-electron chi connectivity index (χ3n) is 3.32. The molecule has 0 aliphatic rings. The molecule has 0 N–H and O–H groups in total. The van der Waals surface area contributed by atoms with Crippen LogP contribution in [-0.2, 0) is 0 Å². The van der Waals surface area contributed by atoms with Crippen LogP contribution >= 0.6 is 23.2 Å². The van der Waals surface area contributed by atoms with Crippen LogP contribution in [-0.4, -0.2) is 13.1 Å². The van der Waals surface area contributed by atoms with Crippen LogP contribution in [0.2, 0.25) is 10.0 Å². The number of halogens is 2. The zero-order chi connectivity index (χ0) is 16.1. The van der Waals surface area contributed by atoms with Crippen molar-refractivity contribution < 1.29 is 4.42 Å². The standard InChI is InChI=1S/C17H16Cl2N2O/c1-3-21(4-2)17-8-6-14(22-17)9-12(11-20)15-7-5-13(18)10-16(15)19/h5-10H,3-4H2,1-2H3. The molecule has 0 saturated heterocycles. The molecule has 0 saturated carbocycles. The highest BCUT2D eigenvalue weighted by molar-refractivity contribution is 6.36. The molecule has 22 heavy (non-hydrogen) atoms. The highest BCUT2D eigenvalue weighted by atomic mass is 35.5. The topological polar surface area (TPSA) is 40.2 Å². The fraction of sp³-hybridized carbons (Fsp3) is 0.235. The van der Waals surface area contributed by atoms with Crippen LogP contribution < -0.4 is 4.90 Å². The van der Waals surface area contributed by atoms with Crippen LogP contribution in [0.15, 0.2) is 34.7 Å². The van der Waals surface area contributed by atoms with E-state index in [-0.39, 0.29) is 0 Å². The minimum absolute atomic E-state index is 0.433. The van der Waals surface area contributed by atoms with Gasteiger partial charge in [-0.15, -0.1) is 0 Å². The molecule has 1 heterocycles. The van der Waals surface area contributed by atoms with Gasteiger partial charge < -0.3 is 9.32 Å². The average Bonchev–Trinajstić information content (AvgIpc) is 2.95. The van der Waals surface area contributed by atoms with Crippen molar-refractivity contribution in [3.63, 3.8) is 0 Å². The molecular formula is C17H16Cl2N2O. The highest BCUT2D eigenvalue weighted by Gasteiger charge is 2.10. The van der Waals surface area contributed by atoms with Crippen molar-refractivity contribution >= 4 is 40.7 Å². The van der Waals surface area contributed by atoms with Crippen molar-refractivity contribution in [1.82, 2.24) is 0 Å². The molecule has 0 aliphatic heterocycles. The molecule has 5 heteroatoms. The molecule has 3 nitrogen and oxygen atoms in total. The van der Waals surface area contributed by atoms with Crippen LogP contribution in [0.5, 0.6) is 0 Å². The molecule has 0 unspecified atom stereocenters. The molecule has 0 amide bonds. The van der Waals surface area contributed by atoms with Gasteiger partial charge in [-0.2, -0.15) is 5.26 Å². The molecule has 0 spiro atoms. The maximum atomic E-state index is 9.38. The number of allylic oxidation sites excluding steroid dienone is 1. The number of nitrogens with zero attached hydrogens (tertiary/aromatic N) is 2. The highest BCUT2D eigenvalue weighted by Crippen LogP contribution is 2.29. The molecule has 114 valence electrons. The SMILES string of the molecule is CCN(CC)c1ccc(C=C(C#N)c2ccc(Cl)cc2Cl)o1. The van der Waals surface area contributed by atoms with Crippen molar-refractivity contribution in [2.24, 2.45) is 0 Å². The van der Waals surface area contributed by atoms with E-state index in [4.69, 9.17) is 27.6 Å². The van der Waals surface area contributed by atoms with Crippen LogP contribution in [0, 0.1) is 11.3 Å².